The minimum atomic E-state index is -0.729. The van der Waals surface area contributed by atoms with Crippen LogP contribution in [0.25, 0.3) is 0 Å². The molecule has 11 heteroatoms. The van der Waals surface area contributed by atoms with E-state index in [2.05, 4.69) is 14.9 Å². The second kappa shape index (κ2) is 9.81. The predicted molar refractivity (Wildman–Crippen MR) is 136 cm³/mol. The summed E-state index contributed by atoms with van der Waals surface area (Å²) in [5, 5.41) is -0.0646. The second-order valence-corrected chi connectivity index (χ2v) is 10.9. The molecule has 2 bridgehead atoms. The average molecular weight is 528 g/mol. The number of amides is 3. The lowest BCUT2D eigenvalue weighted by atomic mass is 10.0. The van der Waals surface area contributed by atoms with Gasteiger partial charge in [0.2, 0.25) is 5.28 Å². The number of imide groups is 1. The zero-order valence-corrected chi connectivity index (χ0v) is 21.9. The van der Waals surface area contributed by atoms with Gasteiger partial charge in [0.15, 0.2) is 0 Å². The topological polar surface area (TPSA) is 105 Å². The molecule has 2 saturated heterocycles. The molecule has 0 saturated carbocycles. The molecule has 1 aromatic heterocycles. The highest BCUT2D eigenvalue weighted by Crippen LogP contribution is 2.36. The molecule has 5 rings (SSSR count). The Hall–Kier alpha value is -3.40. The van der Waals surface area contributed by atoms with Gasteiger partial charge in [-0.3, -0.25) is 9.69 Å². The molecule has 3 aliphatic heterocycles. The van der Waals surface area contributed by atoms with Crippen LogP contribution < -0.4 is 4.90 Å². The summed E-state index contributed by atoms with van der Waals surface area (Å²) in [7, 11) is 0. The molecule has 0 spiro atoms. The maximum atomic E-state index is 13.2. The number of fused-ring (bicyclic) bond motifs is 3. The van der Waals surface area contributed by atoms with E-state index in [4.69, 9.17) is 21.1 Å². The van der Waals surface area contributed by atoms with Crippen molar-refractivity contribution in [3.05, 3.63) is 52.4 Å². The molecule has 2 fully saturated rings. The van der Waals surface area contributed by atoms with Crippen molar-refractivity contribution in [2.24, 2.45) is 0 Å². The zero-order chi connectivity index (χ0) is 26.3. The third-order valence-corrected chi connectivity index (χ3v) is 6.97. The maximum Gasteiger partial charge on any atom is 0.417 e. The molecule has 10 nitrogen and oxygen atoms in total. The highest BCUT2D eigenvalue weighted by atomic mass is 35.5. The molecule has 1 aromatic carbocycles. The van der Waals surface area contributed by atoms with Crippen molar-refractivity contribution in [3.8, 4) is 0 Å². The van der Waals surface area contributed by atoms with Crippen molar-refractivity contribution in [3.63, 3.8) is 0 Å². The first-order valence-electron chi connectivity index (χ1n) is 12.5. The maximum absolute atomic E-state index is 13.2. The number of carbonyl (C=O) groups is 3. The average Bonchev–Trinajstić information content (AvgIpc) is 3.11. The van der Waals surface area contributed by atoms with Crippen molar-refractivity contribution < 1.29 is 23.9 Å². The standard InChI is InChI=1S/C26H30ClN5O5/c1-26(2,3)37-24(34)31-12-11-19-20(22(31)33)28-23(27)29-21(19)30-13-17-9-10-18(14-30)32(17)25(35)36-15-16-7-5-4-6-8-16/h4-8,17-18H,9-15H2,1-3H3. The van der Waals surface area contributed by atoms with Crippen LogP contribution in [0.1, 0.15) is 55.2 Å². The zero-order valence-electron chi connectivity index (χ0n) is 21.1. The number of carbonyl (C=O) groups excluding carboxylic acids is 3. The number of hydrogen-bond donors (Lipinski definition) is 0. The van der Waals surface area contributed by atoms with E-state index in [0.717, 1.165) is 23.3 Å². The second-order valence-electron chi connectivity index (χ2n) is 10.6. The lowest BCUT2D eigenvalue weighted by Gasteiger charge is -2.42. The molecule has 0 aliphatic carbocycles. The van der Waals surface area contributed by atoms with Gasteiger partial charge in [0.25, 0.3) is 5.91 Å². The van der Waals surface area contributed by atoms with E-state index >= 15 is 0 Å². The molecule has 2 aromatic rings. The van der Waals surface area contributed by atoms with Crippen LogP contribution in [0.4, 0.5) is 15.4 Å². The van der Waals surface area contributed by atoms with Crippen LogP contribution in [0.5, 0.6) is 0 Å². The Kier molecular flexibility index (Phi) is 6.70. The first-order chi connectivity index (χ1) is 17.6. The summed E-state index contributed by atoms with van der Waals surface area (Å²) >= 11 is 6.25. The van der Waals surface area contributed by atoms with E-state index in [0.29, 0.717) is 30.9 Å². The molecule has 3 aliphatic rings. The summed E-state index contributed by atoms with van der Waals surface area (Å²) in [6.07, 6.45) is 1.07. The van der Waals surface area contributed by atoms with Crippen LogP contribution in [0.15, 0.2) is 30.3 Å². The third-order valence-electron chi connectivity index (χ3n) is 6.80. The van der Waals surface area contributed by atoms with E-state index < -0.39 is 17.6 Å². The van der Waals surface area contributed by atoms with Crippen molar-refractivity contribution in [1.29, 1.82) is 0 Å². The van der Waals surface area contributed by atoms with Gasteiger partial charge in [-0.15, -0.1) is 0 Å². The minimum Gasteiger partial charge on any atom is -0.445 e. The molecule has 0 radical (unpaired) electrons. The van der Waals surface area contributed by atoms with Gasteiger partial charge in [-0.05, 0) is 57.2 Å². The number of benzene rings is 1. The number of piperazine rings is 1. The van der Waals surface area contributed by atoms with Gasteiger partial charge < -0.3 is 14.4 Å². The van der Waals surface area contributed by atoms with Crippen LogP contribution >= 0.6 is 11.6 Å². The Morgan fingerprint density at radius 2 is 1.73 bits per heavy atom. The molecule has 37 heavy (non-hydrogen) atoms. The van der Waals surface area contributed by atoms with E-state index in [1.165, 1.54) is 0 Å². The van der Waals surface area contributed by atoms with E-state index in [-0.39, 0.29) is 42.3 Å². The Labute approximate surface area is 220 Å². The van der Waals surface area contributed by atoms with Crippen molar-refractivity contribution in [1.82, 2.24) is 19.8 Å². The Morgan fingerprint density at radius 3 is 2.38 bits per heavy atom. The van der Waals surface area contributed by atoms with Crippen LogP contribution in [0.3, 0.4) is 0 Å². The smallest absolute Gasteiger partial charge is 0.417 e. The van der Waals surface area contributed by atoms with Crippen molar-refractivity contribution in [2.75, 3.05) is 24.5 Å². The summed E-state index contributed by atoms with van der Waals surface area (Å²) in [4.78, 5) is 52.4. The molecule has 0 N–H and O–H groups in total. The number of aromatic nitrogens is 2. The molecule has 2 unspecified atom stereocenters. The lowest BCUT2D eigenvalue weighted by Crippen LogP contribution is -2.56. The largest absolute Gasteiger partial charge is 0.445 e. The number of nitrogens with zero attached hydrogens (tertiary/aromatic N) is 5. The molecular weight excluding hydrogens is 498 g/mol. The summed E-state index contributed by atoms with van der Waals surface area (Å²) in [6, 6.07) is 9.52. The van der Waals surface area contributed by atoms with E-state index in [9.17, 15) is 14.4 Å². The first-order valence-corrected chi connectivity index (χ1v) is 12.8. The third kappa shape index (κ3) is 5.20. The van der Waals surface area contributed by atoms with Gasteiger partial charge in [-0.25, -0.2) is 24.5 Å². The van der Waals surface area contributed by atoms with Crippen molar-refractivity contribution in [2.45, 2.75) is 64.3 Å². The van der Waals surface area contributed by atoms with Crippen LogP contribution in [0.2, 0.25) is 5.28 Å². The highest BCUT2D eigenvalue weighted by Gasteiger charge is 2.45. The highest BCUT2D eigenvalue weighted by molar-refractivity contribution is 6.28. The minimum absolute atomic E-state index is 0.0380. The number of hydrogen-bond acceptors (Lipinski definition) is 8. The predicted octanol–water partition coefficient (Wildman–Crippen LogP) is 4.05. The SMILES string of the molecule is CC(C)(C)OC(=O)N1CCc2c(nc(Cl)nc2N2CC3CCC(C2)N3C(=O)OCc2ccccc2)C1=O. The summed E-state index contributed by atoms with van der Waals surface area (Å²) in [5.74, 6) is 0.0357. The first kappa shape index (κ1) is 25.3. The number of halogens is 1. The van der Waals surface area contributed by atoms with Crippen LogP contribution in [-0.2, 0) is 22.5 Å². The van der Waals surface area contributed by atoms with Gasteiger partial charge in [-0.2, -0.15) is 0 Å². The van der Waals surface area contributed by atoms with Gasteiger partial charge in [-0.1, -0.05) is 30.3 Å². The Bertz CT molecular complexity index is 1200. The normalized spacial score (nSPS) is 21.1. The van der Waals surface area contributed by atoms with Gasteiger partial charge in [0.1, 0.15) is 23.7 Å². The fraction of sp³-hybridized carbons (Fsp3) is 0.500. The number of rotatable bonds is 3. The summed E-state index contributed by atoms with van der Waals surface area (Å²) in [5.41, 5.74) is 0.986. The van der Waals surface area contributed by atoms with Crippen LogP contribution in [0, 0.1) is 0 Å². The summed E-state index contributed by atoms with van der Waals surface area (Å²) < 4.78 is 11.0. The van der Waals surface area contributed by atoms with E-state index in [1.807, 2.05) is 35.2 Å². The fourth-order valence-corrected chi connectivity index (χ4v) is 5.39. The molecular formula is C26H30ClN5O5. The number of ether oxygens (including phenoxy) is 2. The van der Waals surface area contributed by atoms with Gasteiger partial charge >= 0.3 is 12.2 Å². The fourth-order valence-electron chi connectivity index (χ4n) is 5.23. The summed E-state index contributed by atoms with van der Waals surface area (Å²) in [6.45, 7) is 6.71. The Morgan fingerprint density at radius 1 is 1.05 bits per heavy atom. The van der Waals surface area contributed by atoms with Gasteiger partial charge in [0.05, 0.1) is 12.1 Å². The molecule has 3 amide bonds. The van der Waals surface area contributed by atoms with Crippen molar-refractivity contribution >= 4 is 35.5 Å². The monoisotopic (exact) mass is 527 g/mol. The Balaban J connectivity index is 1.32. The molecule has 4 heterocycles. The molecule has 2 atom stereocenters. The number of anilines is 1. The lowest BCUT2D eigenvalue weighted by molar-refractivity contribution is 0.0231. The quantitative estimate of drug-likeness (QED) is 0.550. The molecule has 196 valence electrons. The van der Waals surface area contributed by atoms with Crippen LogP contribution in [-0.4, -0.2) is 75.2 Å². The van der Waals surface area contributed by atoms with Gasteiger partial charge in [0, 0.05) is 25.2 Å². The van der Waals surface area contributed by atoms with E-state index in [1.54, 1.807) is 20.8 Å².